The van der Waals surface area contributed by atoms with Crippen molar-refractivity contribution >= 4 is 51.3 Å². The molecule has 0 atom stereocenters. The molecule has 3 rings (SSSR count). The molecule has 218 valence electrons. The molecule has 3 aromatic carbocycles. The Bertz CT molecular complexity index is 1220. The third kappa shape index (κ3) is 8.73. The van der Waals surface area contributed by atoms with Gasteiger partial charge >= 0.3 is 0 Å². The maximum Gasteiger partial charge on any atom is 0.231 e. The van der Waals surface area contributed by atoms with Crippen molar-refractivity contribution in [3.63, 3.8) is 0 Å². The Morgan fingerprint density at radius 2 is 0.690 bits per heavy atom. The second-order valence-electron chi connectivity index (χ2n) is 10.4. The number of benzene rings is 3. The fourth-order valence-electron chi connectivity index (χ4n) is 5.42. The van der Waals surface area contributed by atoms with E-state index in [0.717, 1.165) is 24.2 Å². The zero-order valence-corrected chi connectivity index (χ0v) is 27.4. The average Bonchev–Trinajstić information content (AvgIpc) is 3.01. The van der Waals surface area contributed by atoms with Crippen LogP contribution in [0.15, 0.2) is 123 Å². The van der Waals surface area contributed by atoms with Gasteiger partial charge in [-0.1, -0.05) is 121 Å². The molecule has 42 heavy (non-hydrogen) atoms. The third-order valence-electron chi connectivity index (χ3n) is 7.48. The Balaban J connectivity index is 1.68. The van der Waals surface area contributed by atoms with Gasteiger partial charge in [-0.3, -0.25) is 0 Å². The number of hydrogen-bond acceptors (Lipinski definition) is 2. The van der Waals surface area contributed by atoms with Crippen LogP contribution in [-0.2, 0) is 8.85 Å². The molecular formula is C38H46O2Si2. The van der Waals surface area contributed by atoms with Crippen LogP contribution in [0, 0.1) is 0 Å². The lowest BCUT2D eigenvalue weighted by atomic mass is 10.1. The van der Waals surface area contributed by atoms with Crippen LogP contribution in [0.25, 0.3) is 24.3 Å². The summed E-state index contributed by atoms with van der Waals surface area (Å²) in [5, 5.41) is 2.58. The quantitative estimate of drug-likeness (QED) is 0.0835. The van der Waals surface area contributed by atoms with Crippen molar-refractivity contribution in [2.75, 3.05) is 13.2 Å². The largest absolute Gasteiger partial charge is 0.412 e. The lowest BCUT2D eigenvalue weighted by Gasteiger charge is -2.29. The first-order chi connectivity index (χ1) is 20.5. The summed E-state index contributed by atoms with van der Waals surface area (Å²) in [6, 6.07) is 29.7. The first-order valence-electron chi connectivity index (χ1n) is 14.9. The van der Waals surface area contributed by atoms with Crippen molar-refractivity contribution in [2.24, 2.45) is 0 Å². The maximum atomic E-state index is 6.33. The zero-order chi connectivity index (χ0) is 30.3. The molecule has 0 saturated heterocycles. The van der Waals surface area contributed by atoms with Crippen LogP contribution < -0.4 is 10.4 Å². The van der Waals surface area contributed by atoms with Crippen LogP contribution in [0.1, 0.15) is 36.1 Å². The summed E-state index contributed by atoms with van der Waals surface area (Å²) in [5.41, 5.74) is 4.66. The molecular weight excluding hydrogens is 545 g/mol. The van der Waals surface area contributed by atoms with Crippen LogP contribution in [0.2, 0.25) is 24.2 Å². The summed E-state index contributed by atoms with van der Waals surface area (Å²) in [4.78, 5) is 0. The standard InChI is InChI=1S/C38H46O2Si2/c1-7-29-41(30-8-2,39-11-5)37-25-21-35(22-26-37)19-17-33-13-15-34(16-14-33)18-20-36-23-27-38(28-24-36)42(31-9-3,32-10-4)40-12-6/h7-10,13-28H,1-4,11-12,29-32H2,5-6H3. The molecule has 2 nitrogen and oxygen atoms in total. The van der Waals surface area contributed by atoms with Gasteiger partial charge in [-0.25, -0.2) is 0 Å². The molecule has 0 bridgehead atoms. The van der Waals surface area contributed by atoms with Crippen LogP contribution >= 0.6 is 0 Å². The summed E-state index contributed by atoms with van der Waals surface area (Å²) in [5.74, 6) is 0. The van der Waals surface area contributed by atoms with E-state index in [1.54, 1.807) is 0 Å². The minimum Gasteiger partial charge on any atom is -0.412 e. The predicted molar refractivity (Wildman–Crippen MR) is 191 cm³/mol. The van der Waals surface area contributed by atoms with Gasteiger partial charge in [0.1, 0.15) is 0 Å². The summed E-state index contributed by atoms with van der Waals surface area (Å²) >= 11 is 0. The van der Waals surface area contributed by atoms with Gasteiger partial charge in [0.15, 0.2) is 0 Å². The second-order valence-corrected chi connectivity index (χ2v) is 17.7. The number of allylic oxidation sites excluding steroid dienone is 4. The molecule has 0 spiro atoms. The van der Waals surface area contributed by atoms with Crippen LogP contribution in [0.3, 0.4) is 0 Å². The van der Waals surface area contributed by atoms with E-state index >= 15 is 0 Å². The molecule has 0 fully saturated rings. The molecule has 0 amide bonds. The number of rotatable bonds is 18. The summed E-state index contributed by atoms with van der Waals surface area (Å²) < 4.78 is 12.7. The molecule has 0 N–H and O–H groups in total. The molecule has 0 saturated carbocycles. The topological polar surface area (TPSA) is 18.5 Å². The summed E-state index contributed by atoms with van der Waals surface area (Å²) in [6.07, 6.45) is 16.6. The third-order valence-corrected chi connectivity index (χ3v) is 15.7. The minimum atomic E-state index is -2.12. The van der Waals surface area contributed by atoms with Gasteiger partial charge in [0.25, 0.3) is 0 Å². The Morgan fingerprint density at radius 3 is 0.905 bits per heavy atom. The minimum absolute atomic E-state index is 0.704. The van der Waals surface area contributed by atoms with Gasteiger partial charge in [-0.05, 0) is 70.7 Å². The van der Waals surface area contributed by atoms with Crippen LogP contribution in [-0.4, -0.2) is 29.8 Å². The van der Waals surface area contributed by atoms with Gasteiger partial charge < -0.3 is 8.85 Å². The zero-order valence-electron chi connectivity index (χ0n) is 25.4. The van der Waals surface area contributed by atoms with Crippen molar-refractivity contribution in [1.82, 2.24) is 0 Å². The van der Waals surface area contributed by atoms with Gasteiger partial charge in [-0.15, -0.1) is 26.3 Å². The highest BCUT2D eigenvalue weighted by Crippen LogP contribution is 2.21. The fourth-order valence-corrected chi connectivity index (χ4v) is 12.0. The highest BCUT2D eigenvalue weighted by molar-refractivity contribution is 6.87. The predicted octanol–water partition coefficient (Wildman–Crippen LogP) is 9.15. The van der Waals surface area contributed by atoms with E-state index < -0.39 is 16.6 Å². The van der Waals surface area contributed by atoms with Gasteiger partial charge in [0.2, 0.25) is 16.6 Å². The van der Waals surface area contributed by atoms with Gasteiger partial charge in [-0.2, -0.15) is 0 Å². The monoisotopic (exact) mass is 590 g/mol. The molecule has 0 aliphatic rings. The molecule has 0 aromatic heterocycles. The van der Waals surface area contributed by atoms with Gasteiger partial charge in [0.05, 0.1) is 0 Å². The lowest BCUT2D eigenvalue weighted by molar-refractivity contribution is 0.333. The highest BCUT2D eigenvalue weighted by Gasteiger charge is 2.35. The molecule has 0 unspecified atom stereocenters. The molecule has 0 aliphatic carbocycles. The first kappa shape index (κ1) is 33.0. The lowest BCUT2D eigenvalue weighted by Crippen LogP contribution is -2.50. The highest BCUT2D eigenvalue weighted by atomic mass is 28.4. The van der Waals surface area contributed by atoms with E-state index in [0.29, 0.717) is 13.2 Å². The maximum absolute atomic E-state index is 6.33. The van der Waals surface area contributed by atoms with Crippen molar-refractivity contribution in [2.45, 2.75) is 38.0 Å². The van der Waals surface area contributed by atoms with Crippen LogP contribution in [0.4, 0.5) is 0 Å². The smallest absolute Gasteiger partial charge is 0.231 e. The molecule has 0 radical (unpaired) electrons. The summed E-state index contributed by atoms with van der Waals surface area (Å²) in [6.45, 7) is 21.4. The van der Waals surface area contributed by atoms with Crippen molar-refractivity contribution < 1.29 is 8.85 Å². The molecule has 3 aromatic rings. The first-order valence-corrected chi connectivity index (χ1v) is 19.5. The Kier molecular flexibility index (Phi) is 13.2. The van der Waals surface area contributed by atoms with E-state index in [1.165, 1.54) is 32.6 Å². The molecule has 0 heterocycles. The Labute approximate surface area is 256 Å². The molecule has 0 aliphatic heterocycles. The van der Waals surface area contributed by atoms with E-state index in [1.807, 2.05) is 24.3 Å². The van der Waals surface area contributed by atoms with Crippen molar-refractivity contribution in [3.8, 4) is 0 Å². The SMILES string of the molecule is C=CC[Si](CC=C)(OCC)c1ccc(C=Cc2ccc(C=Cc3ccc([Si](CC=C)(CC=C)OCC)cc3)cc2)cc1. The normalized spacial score (nSPS) is 12.0. The fraction of sp³-hybridized carbons (Fsp3) is 0.211. The van der Waals surface area contributed by atoms with Crippen molar-refractivity contribution in [1.29, 1.82) is 0 Å². The van der Waals surface area contributed by atoms with E-state index in [2.05, 4.69) is 137 Å². The summed E-state index contributed by atoms with van der Waals surface area (Å²) in [7, 11) is -4.24. The van der Waals surface area contributed by atoms with E-state index in [9.17, 15) is 0 Å². The van der Waals surface area contributed by atoms with Crippen molar-refractivity contribution in [3.05, 3.63) is 146 Å². The van der Waals surface area contributed by atoms with E-state index in [-0.39, 0.29) is 0 Å². The number of hydrogen-bond donors (Lipinski definition) is 0. The molecule has 4 heteroatoms. The van der Waals surface area contributed by atoms with Crippen LogP contribution in [0.5, 0.6) is 0 Å². The Hall–Kier alpha value is -3.55. The average molecular weight is 591 g/mol. The van der Waals surface area contributed by atoms with E-state index in [4.69, 9.17) is 8.85 Å². The van der Waals surface area contributed by atoms with Gasteiger partial charge in [0, 0.05) is 13.2 Å². The second kappa shape index (κ2) is 16.8. The Morgan fingerprint density at radius 1 is 0.452 bits per heavy atom.